The van der Waals surface area contributed by atoms with Crippen LogP contribution in [0.4, 0.5) is 8.78 Å². The third-order valence-corrected chi connectivity index (χ3v) is 5.72. The summed E-state index contributed by atoms with van der Waals surface area (Å²) in [6.07, 6.45) is 2.62. The number of rotatable bonds is 5. The van der Waals surface area contributed by atoms with Gasteiger partial charge in [-0.1, -0.05) is 36.4 Å². The molecule has 1 aliphatic rings. The van der Waals surface area contributed by atoms with Crippen molar-refractivity contribution in [2.45, 2.75) is 18.9 Å². The first-order valence-electron chi connectivity index (χ1n) is 10.5. The summed E-state index contributed by atoms with van der Waals surface area (Å²) < 4.78 is 27.1. The van der Waals surface area contributed by atoms with E-state index in [1.165, 1.54) is 4.90 Å². The molecule has 1 N–H and O–H groups in total. The first-order chi connectivity index (χ1) is 15.5. The number of carbonyl (C=O) groups excluding carboxylic acids is 2. The van der Waals surface area contributed by atoms with Crippen molar-refractivity contribution < 1.29 is 18.4 Å². The fourth-order valence-corrected chi connectivity index (χ4v) is 3.96. The SMILES string of the molecule is O=C(NC(c1ccccc1)c1ccccn1)C1CCN(C(=O)c2ccc(F)cc2F)CC1. The van der Waals surface area contributed by atoms with E-state index in [9.17, 15) is 18.4 Å². The Balaban J connectivity index is 1.42. The van der Waals surface area contributed by atoms with Crippen molar-refractivity contribution in [1.82, 2.24) is 15.2 Å². The van der Waals surface area contributed by atoms with Crippen LogP contribution in [0.3, 0.4) is 0 Å². The van der Waals surface area contributed by atoms with Crippen molar-refractivity contribution in [1.29, 1.82) is 0 Å². The fourth-order valence-electron chi connectivity index (χ4n) is 3.96. The van der Waals surface area contributed by atoms with Crippen molar-refractivity contribution in [3.05, 3.63) is 101 Å². The molecule has 2 amide bonds. The second-order valence-corrected chi connectivity index (χ2v) is 7.80. The lowest BCUT2D eigenvalue weighted by atomic mass is 9.94. The van der Waals surface area contributed by atoms with Crippen LogP contribution in [0.5, 0.6) is 0 Å². The lowest BCUT2D eigenvalue weighted by Crippen LogP contribution is -2.44. The quantitative estimate of drug-likeness (QED) is 0.656. The summed E-state index contributed by atoms with van der Waals surface area (Å²) in [5, 5.41) is 3.10. The summed E-state index contributed by atoms with van der Waals surface area (Å²) in [6.45, 7) is 0.653. The Morgan fingerprint density at radius 3 is 2.34 bits per heavy atom. The van der Waals surface area contributed by atoms with Crippen molar-refractivity contribution in [3.8, 4) is 0 Å². The lowest BCUT2D eigenvalue weighted by molar-refractivity contribution is -0.126. The molecular weight excluding hydrogens is 412 g/mol. The molecule has 164 valence electrons. The molecule has 1 saturated heterocycles. The van der Waals surface area contributed by atoms with E-state index >= 15 is 0 Å². The smallest absolute Gasteiger partial charge is 0.256 e. The predicted molar refractivity (Wildman–Crippen MR) is 116 cm³/mol. The van der Waals surface area contributed by atoms with Gasteiger partial charge in [-0.05, 0) is 42.7 Å². The second kappa shape index (κ2) is 9.68. The monoisotopic (exact) mass is 435 g/mol. The first kappa shape index (κ1) is 21.6. The molecule has 1 fully saturated rings. The Morgan fingerprint density at radius 1 is 0.969 bits per heavy atom. The number of carbonyl (C=O) groups is 2. The molecule has 0 bridgehead atoms. The van der Waals surface area contributed by atoms with Crippen molar-refractivity contribution >= 4 is 11.8 Å². The highest BCUT2D eigenvalue weighted by Gasteiger charge is 2.30. The van der Waals surface area contributed by atoms with Crippen LogP contribution < -0.4 is 5.32 Å². The standard InChI is InChI=1S/C25H23F2N3O2/c26-19-9-10-20(21(27)16-19)25(32)30-14-11-18(12-15-30)24(31)29-23(17-6-2-1-3-7-17)22-8-4-5-13-28-22/h1-10,13,16,18,23H,11-12,14-15H2,(H,29,31). The van der Waals surface area contributed by atoms with Gasteiger partial charge in [0.25, 0.3) is 5.91 Å². The van der Waals surface area contributed by atoms with Crippen LogP contribution in [0.15, 0.2) is 72.9 Å². The molecule has 2 aromatic carbocycles. The fraction of sp³-hybridized carbons (Fsp3) is 0.240. The maximum Gasteiger partial charge on any atom is 0.256 e. The number of amides is 2. The first-order valence-corrected chi connectivity index (χ1v) is 10.5. The van der Waals surface area contributed by atoms with E-state index in [4.69, 9.17) is 0 Å². The number of pyridine rings is 1. The van der Waals surface area contributed by atoms with Crippen LogP contribution in [-0.4, -0.2) is 34.8 Å². The summed E-state index contributed by atoms with van der Waals surface area (Å²) in [6, 6.07) is 17.7. The number of hydrogen-bond donors (Lipinski definition) is 1. The van der Waals surface area contributed by atoms with E-state index in [0.717, 1.165) is 23.4 Å². The third kappa shape index (κ3) is 4.82. The van der Waals surface area contributed by atoms with E-state index in [1.54, 1.807) is 6.20 Å². The minimum absolute atomic E-state index is 0.107. The Kier molecular flexibility index (Phi) is 6.54. The molecule has 0 spiro atoms. The molecule has 32 heavy (non-hydrogen) atoms. The number of aromatic nitrogens is 1. The zero-order valence-electron chi connectivity index (χ0n) is 17.4. The normalized spacial score (nSPS) is 15.2. The highest BCUT2D eigenvalue weighted by molar-refractivity contribution is 5.94. The molecule has 0 saturated carbocycles. The largest absolute Gasteiger partial charge is 0.343 e. The molecule has 1 aromatic heterocycles. The van der Waals surface area contributed by atoms with Crippen LogP contribution in [0, 0.1) is 17.6 Å². The van der Waals surface area contributed by atoms with Crippen molar-refractivity contribution in [2.75, 3.05) is 13.1 Å². The lowest BCUT2D eigenvalue weighted by Gasteiger charge is -2.32. The second-order valence-electron chi connectivity index (χ2n) is 7.80. The van der Waals surface area contributed by atoms with Gasteiger partial charge in [-0.3, -0.25) is 14.6 Å². The minimum atomic E-state index is -0.879. The van der Waals surface area contributed by atoms with Crippen LogP contribution >= 0.6 is 0 Å². The highest BCUT2D eigenvalue weighted by Crippen LogP contribution is 2.24. The predicted octanol–water partition coefficient (Wildman–Crippen LogP) is 4.12. The molecular formula is C25H23F2N3O2. The number of nitrogens with zero attached hydrogens (tertiary/aromatic N) is 2. The molecule has 5 nitrogen and oxygen atoms in total. The van der Waals surface area contributed by atoms with E-state index in [2.05, 4.69) is 10.3 Å². The molecule has 3 aromatic rings. The highest BCUT2D eigenvalue weighted by atomic mass is 19.1. The summed E-state index contributed by atoms with van der Waals surface area (Å²) in [4.78, 5) is 31.6. The van der Waals surface area contributed by atoms with Gasteiger partial charge in [-0.2, -0.15) is 0 Å². The number of likely N-dealkylation sites (tertiary alicyclic amines) is 1. The van der Waals surface area contributed by atoms with Gasteiger partial charge >= 0.3 is 0 Å². The number of piperidine rings is 1. The van der Waals surface area contributed by atoms with Gasteiger partial charge in [0.15, 0.2) is 0 Å². The Labute approximate surface area is 185 Å². The van der Waals surface area contributed by atoms with Gasteiger partial charge in [0, 0.05) is 31.3 Å². The molecule has 7 heteroatoms. The summed E-state index contributed by atoms with van der Waals surface area (Å²) in [5.41, 5.74) is 1.51. The van der Waals surface area contributed by atoms with Gasteiger partial charge in [-0.15, -0.1) is 0 Å². The zero-order valence-corrected chi connectivity index (χ0v) is 17.4. The number of hydrogen-bond acceptors (Lipinski definition) is 3. The molecule has 0 radical (unpaired) electrons. The summed E-state index contributed by atoms with van der Waals surface area (Å²) in [7, 11) is 0. The van der Waals surface area contributed by atoms with Crippen LogP contribution in [0.2, 0.25) is 0 Å². The number of benzene rings is 2. The van der Waals surface area contributed by atoms with Gasteiger partial charge in [0.1, 0.15) is 11.6 Å². The topological polar surface area (TPSA) is 62.3 Å². The molecule has 1 atom stereocenters. The average molecular weight is 435 g/mol. The van der Waals surface area contributed by atoms with Crippen molar-refractivity contribution in [3.63, 3.8) is 0 Å². The van der Waals surface area contributed by atoms with E-state index in [0.29, 0.717) is 32.0 Å². The Hall–Kier alpha value is -3.61. The maximum absolute atomic E-state index is 14.0. The average Bonchev–Trinajstić information content (AvgIpc) is 2.83. The van der Waals surface area contributed by atoms with Gasteiger partial charge in [-0.25, -0.2) is 8.78 Å². The number of nitrogens with one attached hydrogen (secondary N) is 1. The van der Waals surface area contributed by atoms with E-state index in [1.807, 2.05) is 48.5 Å². The maximum atomic E-state index is 14.0. The minimum Gasteiger partial charge on any atom is -0.343 e. The summed E-state index contributed by atoms with van der Waals surface area (Å²) >= 11 is 0. The Bertz CT molecular complexity index is 1050. The summed E-state index contributed by atoms with van der Waals surface area (Å²) in [5.74, 6) is -2.47. The van der Waals surface area contributed by atoms with Gasteiger partial charge in [0.05, 0.1) is 17.3 Å². The van der Waals surface area contributed by atoms with Gasteiger partial charge in [0.2, 0.25) is 5.91 Å². The Morgan fingerprint density at radius 2 is 1.69 bits per heavy atom. The number of halogens is 2. The van der Waals surface area contributed by atoms with Crippen molar-refractivity contribution in [2.24, 2.45) is 5.92 Å². The van der Waals surface area contributed by atoms with Crippen LogP contribution in [0.25, 0.3) is 0 Å². The zero-order chi connectivity index (χ0) is 22.5. The molecule has 2 heterocycles. The third-order valence-electron chi connectivity index (χ3n) is 5.72. The van der Waals surface area contributed by atoms with E-state index in [-0.39, 0.29) is 23.4 Å². The van der Waals surface area contributed by atoms with Crippen LogP contribution in [-0.2, 0) is 4.79 Å². The molecule has 4 rings (SSSR count). The van der Waals surface area contributed by atoms with Crippen LogP contribution in [0.1, 0.15) is 40.5 Å². The van der Waals surface area contributed by atoms with Gasteiger partial charge < -0.3 is 10.2 Å². The molecule has 0 aliphatic carbocycles. The molecule has 1 aliphatic heterocycles. The van der Waals surface area contributed by atoms with E-state index < -0.39 is 17.5 Å². The molecule has 1 unspecified atom stereocenters.